The highest BCUT2D eigenvalue weighted by molar-refractivity contribution is 5.61. The van der Waals surface area contributed by atoms with Crippen molar-refractivity contribution < 1.29 is 35.8 Å². The van der Waals surface area contributed by atoms with E-state index in [1.807, 2.05) is 0 Å². The molecule has 2 N–H and O–H groups in total. The number of pyridine rings is 1. The van der Waals surface area contributed by atoms with Crippen LogP contribution in [-0.4, -0.2) is 29.9 Å². The van der Waals surface area contributed by atoms with Crippen LogP contribution in [0.5, 0.6) is 0 Å². The number of hydrogen-bond donors (Lipinski definition) is 2. The predicted octanol–water partition coefficient (Wildman–Crippen LogP) is 5.94. The molecule has 1 atom stereocenters. The van der Waals surface area contributed by atoms with Crippen LogP contribution >= 0.6 is 0 Å². The predicted molar refractivity (Wildman–Crippen MR) is 102 cm³/mol. The van der Waals surface area contributed by atoms with Gasteiger partial charge in [-0.1, -0.05) is 25.0 Å². The first-order chi connectivity index (χ1) is 14.5. The molecule has 0 bridgehead atoms. The smallest absolute Gasteiger partial charge is 0.387 e. The number of alkyl halides is 7. The van der Waals surface area contributed by atoms with Gasteiger partial charge in [-0.2, -0.15) is 26.3 Å². The number of aromatic nitrogens is 1. The van der Waals surface area contributed by atoms with Gasteiger partial charge in [0.15, 0.2) is 0 Å². The van der Waals surface area contributed by atoms with Crippen molar-refractivity contribution in [3.8, 4) is 11.3 Å². The summed E-state index contributed by atoms with van der Waals surface area (Å²) in [5.74, 6) is 0. The van der Waals surface area contributed by atoms with Crippen LogP contribution in [0.2, 0.25) is 0 Å². The van der Waals surface area contributed by atoms with Crippen LogP contribution in [-0.2, 0) is 12.4 Å². The summed E-state index contributed by atoms with van der Waals surface area (Å²) in [6, 6.07) is 5.55. The maximum absolute atomic E-state index is 13.3. The van der Waals surface area contributed by atoms with Crippen LogP contribution in [0.25, 0.3) is 11.3 Å². The van der Waals surface area contributed by atoms with E-state index in [-0.39, 0.29) is 30.0 Å². The highest BCUT2D eigenvalue weighted by atomic mass is 19.4. The van der Waals surface area contributed by atoms with Gasteiger partial charge in [0.2, 0.25) is 0 Å². The van der Waals surface area contributed by atoms with Crippen molar-refractivity contribution in [1.82, 2.24) is 10.3 Å². The van der Waals surface area contributed by atoms with E-state index in [0.29, 0.717) is 13.0 Å². The summed E-state index contributed by atoms with van der Waals surface area (Å²) in [6.45, 7) is 0.111. The number of benzene rings is 1. The first kappa shape index (κ1) is 25.1. The normalized spacial score (nSPS) is 13.4. The molecule has 1 aromatic heterocycles. The molecule has 1 heterocycles. The fraction of sp³-hybridized carbons (Fsp3) is 0.476. The van der Waals surface area contributed by atoms with Crippen molar-refractivity contribution >= 4 is 0 Å². The van der Waals surface area contributed by atoms with Crippen molar-refractivity contribution in [2.45, 2.75) is 44.1 Å². The molecule has 0 fully saturated rings. The minimum absolute atomic E-state index is 0.0170. The van der Waals surface area contributed by atoms with E-state index in [0.717, 1.165) is 49.6 Å². The van der Waals surface area contributed by atoms with Gasteiger partial charge in [-0.3, -0.25) is 4.39 Å². The topological polar surface area (TPSA) is 45.1 Å². The zero-order valence-electron chi connectivity index (χ0n) is 16.5. The molecule has 172 valence electrons. The van der Waals surface area contributed by atoms with E-state index >= 15 is 0 Å². The Kier molecular flexibility index (Phi) is 8.81. The first-order valence-corrected chi connectivity index (χ1v) is 9.74. The van der Waals surface area contributed by atoms with Gasteiger partial charge in [-0.05, 0) is 49.2 Å². The number of nitrogens with zero attached hydrogens (tertiary/aromatic N) is 1. The lowest BCUT2D eigenvalue weighted by atomic mass is 10.0. The summed E-state index contributed by atoms with van der Waals surface area (Å²) in [5, 5.41) is 13.2. The van der Waals surface area contributed by atoms with Gasteiger partial charge in [0.25, 0.3) is 0 Å². The average molecular weight is 452 g/mol. The summed E-state index contributed by atoms with van der Waals surface area (Å²) in [7, 11) is 0. The highest BCUT2D eigenvalue weighted by Gasteiger charge is 2.34. The third kappa shape index (κ3) is 7.77. The van der Waals surface area contributed by atoms with Crippen molar-refractivity contribution in [2.75, 3.05) is 19.8 Å². The summed E-state index contributed by atoms with van der Waals surface area (Å²) in [4.78, 5) is 3.52. The summed E-state index contributed by atoms with van der Waals surface area (Å²) >= 11 is 0. The van der Waals surface area contributed by atoms with Gasteiger partial charge in [-0.25, -0.2) is 4.98 Å². The molecule has 31 heavy (non-hydrogen) atoms. The Morgan fingerprint density at radius 2 is 1.52 bits per heavy atom. The number of rotatable bonds is 10. The van der Waals surface area contributed by atoms with Crippen LogP contribution in [0.3, 0.4) is 0 Å². The molecule has 3 nitrogen and oxygen atoms in total. The third-order valence-corrected chi connectivity index (χ3v) is 4.61. The van der Waals surface area contributed by atoms with Crippen LogP contribution < -0.4 is 5.32 Å². The van der Waals surface area contributed by atoms with Crippen molar-refractivity contribution in [3.05, 3.63) is 53.2 Å². The number of nitrogens with one attached hydrogen (secondary N) is 1. The SMILES string of the molecule is O[C@H](CNCCCCCCF)c1cc(-c2ccc(C(F)(F)F)cc2)nc(C(F)(F)F)c1. The molecule has 0 spiro atoms. The van der Waals surface area contributed by atoms with Gasteiger partial charge >= 0.3 is 12.4 Å². The molecule has 0 saturated carbocycles. The molecule has 0 amide bonds. The van der Waals surface area contributed by atoms with Gasteiger partial charge < -0.3 is 10.4 Å². The van der Waals surface area contributed by atoms with Crippen molar-refractivity contribution in [3.63, 3.8) is 0 Å². The highest BCUT2D eigenvalue weighted by Crippen LogP contribution is 2.34. The molecule has 0 aliphatic rings. The number of aliphatic hydroxyl groups is 1. The molecule has 2 rings (SSSR count). The largest absolute Gasteiger partial charge is 0.433 e. The lowest BCUT2D eigenvalue weighted by Gasteiger charge is -2.16. The van der Waals surface area contributed by atoms with Gasteiger partial charge in [0, 0.05) is 12.1 Å². The van der Waals surface area contributed by atoms with Crippen molar-refractivity contribution in [2.24, 2.45) is 0 Å². The quantitative estimate of drug-likeness (QED) is 0.347. The Bertz CT molecular complexity index is 820. The minimum Gasteiger partial charge on any atom is -0.387 e. The molecule has 0 aliphatic heterocycles. The van der Waals surface area contributed by atoms with Crippen LogP contribution in [0.1, 0.15) is 48.6 Å². The first-order valence-electron chi connectivity index (χ1n) is 9.74. The monoisotopic (exact) mass is 452 g/mol. The molecule has 0 saturated heterocycles. The van der Waals surface area contributed by atoms with Crippen LogP contribution in [0.15, 0.2) is 36.4 Å². The molecule has 0 radical (unpaired) electrons. The molecular formula is C21H23F7N2O. The molecule has 10 heteroatoms. The second-order valence-corrected chi connectivity index (χ2v) is 7.07. The van der Waals surface area contributed by atoms with Gasteiger partial charge in [-0.15, -0.1) is 0 Å². The zero-order valence-corrected chi connectivity index (χ0v) is 16.5. The van der Waals surface area contributed by atoms with Crippen LogP contribution in [0, 0.1) is 0 Å². The second kappa shape index (κ2) is 10.9. The molecule has 1 aromatic carbocycles. The van der Waals surface area contributed by atoms with Gasteiger partial charge in [0.1, 0.15) is 5.69 Å². The summed E-state index contributed by atoms with van der Waals surface area (Å²) < 4.78 is 90.0. The molecule has 2 aromatic rings. The van der Waals surface area contributed by atoms with E-state index in [4.69, 9.17) is 0 Å². The molecular weight excluding hydrogens is 429 g/mol. The van der Waals surface area contributed by atoms with E-state index in [1.165, 1.54) is 6.07 Å². The van der Waals surface area contributed by atoms with Gasteiger partial charge in [0.05, 0.1) is 24.0 Å². The molecule has 0 aliphatic carbocycles. The maximum Gasteiger partial charge on any atom is 0.433 e. The zero-order chi connectivity index (χ0) is 23.1. The summed E-state index contributed by atoms with van der Waals surface area (Å²) in [5.41, 5.74) is -2.36. The molecule has 0 unspecified atom stereocenters. The Morgan fingerprint density at radius 1 is 0.871 bits per heavy atom. The minimum atomic E-state index is -4.79. The second-order valence-electron chi connectivity index (χ2n) is 7.07. The van der Waals surface area contributed by atoms with E-state index < -0.39 is 29.7 Å². The Morgan fingerprint density at radius 3 is 2.10 bits per heavy atom. The van der Waals surface area contributed by atoms with Crippen molar-refractivity contribution in [1.29, 1.82) is 0 Å². The number of aliphatic hydroxyl groups excluding tert-OH is 1. The Labute approximate surface area is 175 Å². The maximum atomic E-state index is 13.3. The number of unbranched alkanes of at least 4 members (excludes halogenated alkanes) is 3. The Balaban J connectivity index is 2.16. The average Bonchev–Trinajstić information content (AvgIpc) is 2.71. The number of halogens is 7. The summed E-state index contributed by atoms with van der Waals surface area (Å²) in [6.07, 6.45) is -7.91. The fourth-order valence-electron chi connectivity index (χ4n) is 2.92. The van der Waals surface area contributed by atoms with E-state index in [9.17, 15) is 35.8 Å². The van der Waals surface area contributed by atoms with E-state index in [2.05, 4.69) is 10.3 Å². The van der Waals surface area contributed by atoms with E-state index in [1.54, 1.807) is 0 Å². The lowest BCUT2D eigenvalue weighted by molar-refractivity contribution is -0.141. The lowest BCUT2D eigenvalue weighted by Crippen LogP contribution is -2.23. The fourth-order valence-corrected chi connectivity index (χ4v) is 2.92. The number of hydrogen-bond acceptors (Lipinski definition) is 3. The third-order valence-electron chi connectivity index (χ3n) is 4.61. The standard InChI is InChI=1S/C21H23F7N2O/c22-9-3-1-2-4-10-29-13-18(31)15-11-17(30-19(12-15)21(26,27)28)14-5-7-16(8-6-14)20(23,24)25/h5-8,11-12,18,29,31H,1-4,9-10,13H2/t18-/m1/s1. The van der Waals surface area contributed by atoms with Crippen LogP contribution in [0.4, 0.5) is 30.7 Å². The Hall–Kier alpha value is -2.20.